The van der Waals surface area contributed by atoms with Crippen LogP contribution in [0.2, 0.25) is 0 Å². The largest absolute Gasteiger partial charge is 0.298 e. The zero-order valence-corrected chi connectivity index (χ0v) is 14.5. The molecule has 4 rings (SSSR count). The van der Waals surface area contributed by atoms with Crippen LogP contribution in [-0.4, -0.2) is 20.7 Å². The molecule has 2 aromatic heterocycles. The number of carbonyl (C=O) groups excluding carboxylic acids is 1. The number of benzene rings is 1. The van der Waals surface area contributed by atoms with E-state index in [1.165, 1.54) is 11.3 Å². The molecule has 0 saturated heterocycles. The van der Waals surface area contributed by atoms with E-state index in [0.29, 0.717) is 10.7 Å². The number of carbonyl (C=O) groups is 1. The average Bonchev–Trinajstić information content (AvgIpc) is 3.22. The van der Waals surface area contributed by atoms with Gasteiger partial charge in [-0.1, -0.05) is 18.2 Å². The van der Waals surface area contributed by atoms with Gasteiger partial charge >= 0.3 is 0 Å². The van der Waals surface area contributed by atoms with E-state index >= 15 is 0 Å². The van der Waals surface area contributed by atoms with Crippen molar-refractivity contribution in [3.05, 3.63) is 57.9 Å². The molecular formula is C18H18N4OS. The monoisotopic (exact) mass is 338 g/mol. The molecule has 1 N–H and O–H groups in total. The Balaban J connectivity index is 1.63. The van der Waals surface area contributed by atoms with Crippen LogP contribution in [0.5, 0.6) is 0 Å². The zero-order chi connectivity index (χ0) is 16.7. The summed E-state index contributed by atoms with van der Waals surface area (Å²) >= 11 is 1.59. The Morgan fingerprint density at radius 3 is 2.75 bits per heavy atom. The molecule has 6 heteroatoms. The molecule has 24 heavy (non-hydrogen) atoms. The van der Waals surface area contributed by atoms with Gasteiger partial charge in [-0.05, 0) is 45.2 Å². The summed E-state index contributed by atoms with van der Waals surface area (Å²) in [6.07, 6.45) is 3.27. The number of anilines is 1. The summed E-state index contributed by atoms with van der Waals surface area (Å²) in [6.45, 7) is 3.78. The number of para-hydroxylation sites is 1. The number of fused-ring (bicyclic) bond motifs is 1. The van der Waals surface area contributed by atoms with Crippen LogP contribution < -0.4 is 5.32 Å². The van der Waals surface area contributed by atoms with Crippen molar-refractivity contribution in [1.29, 1.82) is 0 Å². The Morgan fingerprint density at radius 2 is 2.00 bits per heavy atom. The number of amides is 1. The van der Waals surface area contributed by atoms with Crippen molar-refractivity contribution >= 4 is 22.4 Å². The minimum absolute atomic E-state index is 0.139. The molecule has 2 heterocycles. The molecule has 1 aromatic carbocycles. The van der Waals surface area contributed by atoms with Crippen molar-refractivity contribution in [2.45, 2.75) is 33.1 Å². The molecule has 0 radical (unpaired) electrons. The van der Waals surface area contributed by atoms with E-state index in [-0.39, 0.29) is 5.91 Å². The summed E-state index contributed by atoms with van der Waals surface area (Å²) < 4.78 is 1.81. The summed E-state index contributed by atoms with van der Waals surface area (Å²) in [4.78, 5) is 18.6. The second kappa shape index (κ2) is 5.87. The van der Waals surface area contributed by atoms with Gasteiger partial charge in [0.05, 0.1) is 28.3 Å². The second-order valence-corrected chi connectivity index (χ2v) is 7.07. The number of hydrogen-bond donors (Lipinski definition) is 1. The first-order valence-corrected chi connectivity index (χ1v) is 8.86. The molecule has 0 aliphatic heterocycles. The molecule has 1 aliphatic carbocycles. The van der Waals surface area contributed by atoms with Crippen LogP contribution in [0.25, 0.3) is 5.69 Å². The van der Waals surface area contributed by atoms with Gasteiger partial charge in [-0.15, -0.1) is 11.3 Å². The molecule has 0 fully saturated rings. The number of aryl methyl sites for hydroxylation is 3. The number of rotatable bonds is 3. The minimum atomic E-state index is -0.139. The number of hydrogen-bond acceptors (Lipinski definition) is 4. The molecule has 0 unspecified atom stereocenters. The van der Waals surface area contributed by atoms with Crippen LogP contribution in [-0.2, 0) is 12.8 Å². The van der Waals surface area contributed by atoms with Gasteiger partial charge in [0, 0.05) is 4.88 Å². The molecule has 0 saturated carbocycles. The number of aromatic nitrogens is 3. The predicted octanol–water partition coefficient (Wildman–Crippen LogP) is 3.69. The molecule has 1 aliphatic rings. The van der Waals surface area contributed by atoms with Crippen molar-refractivity contribution in [3.8, 4) is 5.69 Å². The van der Waals surface area contributed by atoms with Crippen LogP contribution >= 0.6 is 11.3 Å². The van der Waals surface area contributed by atoms with Gasteiger partial charge < -0.3 is 0 Å². The van der Waals surface area contributed by atoms with Gasteiger partial charge in [-0.2, -0.15) is 5.10 Å². The van der Waals surface area contributed by atoms with Gasteiger partial charge in [0.25, 0.3) is 5.91 Å². The van der Waals surface area contributed by atoms with Gasteiger partial charge in [-0.25, -0.2) is 9.67 Å². The third-order valence-corrected chi connectivity index (χ3v) is 5.41. The number of thiazole rings is 1. The van der Waals surface area contributed by atoms with Crippen LogP contribution in [0.15, 0.2) is 30.3 Å². The van der Waals surface area contributed by atoms with Crippen LogP contribution in [0, 0.1) is 13.8 Å². The van der Waals surface area contributed by atoms with Crippen molar-refractivity contribution < 1.29 is 4.79 Å². The summed E-state index contributed by atoms with van der Waals surface area (Å²) in [6, 6.07) is 9.84. The minimum Gasteiger partial charge on any atom is -0.298 e. The quantitative estimate of drug-likeness (QED) is 0.792. The highest BCUT2D eigenvalue weighted by atomic mass is 32.1. The lowest BCUT2D eigenvalue weighted by atomic mass is 10.2. The van der Waals surface area contributed by atoms with Gasteiger partial charge in [0.1, 0.15) is 0 Å². The summed E-state index contributed by atoms with van der Waals surface area (Å²) in [7, 11) is 0. The molecule has 1 amide bonds. The Hall–Kier alpha value is -2.47. The number of nitrogens with zero attached hydrogens (tertiary/aromatic N) is 3. The maximum atomic E-state index is 12.7. The van der Waals surface area contributed by atoms with E-state index in [0.717, 1.165) is 35.6 Å². The molecule has 0 bridgehead atoms. The third-order valence-electron chi connectivity index (χ3n) is 4.34. The van der Waals surface area contributed by atoms with Crippen molar-refractivity contribution in [3.63, 3.8) is 0 Å². The highest BCUT2D eigenvalue weighted by molar-refractivity contribution is 7.16. The van der Waals surface area contributed by atoms with Gasteiger partial charge in [-0.3, -0.25) is 10.1 Å². The van der Waals surface area contributed by atoms with E-state index in [4.69, 9.17) is 0 Å². The fourth-order valence-electron chi connectivity index (χ4n) is 3.20. The van der Waals surface area contributed by atoms with E-state index in [9.17, 15) is 4.79 Å². The molecule has 0 spiro atoms. The van der Waals surface area contributed by atoms with Crippen molar-refractivity contribution in [2.24, 2.45) is 0 Å². The van der Waals surface area contributed by atoms with E-state index in [1.54, 1.807) is 11.3 Å². The first-order chi connectivity index (χ1) is 11.6. The first-order valence-electron chi connectivity index (χ1n) is 8.05. The SMILES string of the molecule is Cc1nn(-c2ccccc2)c(C)c1C(=O)Nc1nc2c(s1)CCC2. The normalized spacial score (nSPS) is 13.1. The first kappa shape index (κ1) is 15.1. The predicted molar refractivity (Wildman–Crippen MR) is 95.1 cm³/mol. The maximum Gasteiger partial charge on any atom is 0.261 e. The number of nitrogens with one attached hydrogen (secondary N) is 1. The van der Waals surface area contributed by atoms with E-state index < -0.39 is 0 Å². The standard InChI is InChI=1S/C18H18N4OS/c1-11-16(12(2)22(21-11)13-7-4-3-5-8-13)17(23)20-18-19-14-9-6-10-15(14)24-18/h3-5,7-8H,6,9-10H2,1-2H3,(H,19,20,23). The Morgan fingerprint density at radius 1 is 1.21 bits per heavy atom. The lowest BCUT2D eigenvalue weighted by Crippen LogP contribution is -2.14. The highest BCUT2D eigenvalue weighted by Gasteiger charge is 2.22. The Kier molecular flexibility index (Phi) is 3.69. The summed E-state index contributed by atoms with van der Waals surface area (Å²) in [5.74, 6) is -0.139. The fourth-order valence-corrected chi connectivity index (χ4v) is 4.24. The summed E-state index contributed by atoms with van der Waals surface area (Å²) in [5.41, 5.74) is 4.27. The van der Waals surface area contributed by atoms with E-state index in [2.05, 4.69) is 15.4 Å². The smallest absolute Gasteiger partial charge is 0.261 e. The zero-order valence-electron chi connectivity index (χ0n) is 13.7. The van der Waals surface area contributed by atoms with Gasteiger partial charge in [0.2, 0.25) is 0 Å². The maximum absolute atomic E-state index is 12.7. The molecular weight excluding hydrogens is 320 g/mol. The second-order valence-electron chi connectivity index (χ2n) is 5.99. The van der Waals surface area contributed by atoms with Crippen LogP contribution in [0.4, 0.5) is 5.13 Å². The third kappa shape index (κ3) is 2.53. The lowest BCUT2D eigenvalue weighted by molar-refractivity contribution is 0.102. The molecule has 122 valence electrons. The molecule has 5 nitrogen and oxygen atoms in total. The topological polar surface area (TPSA) is 59.8 Å². The fraction of sp³-hybridized carbons (Fsp3) is 0.278. The summed E-state index contributed by atoms with van der Waals surface area (Å²) in [5, 5.41) is 8.17. The van der Waals surface area contributed by atoms with Crippen molar-refractivity contribution in [1.82, 2.24) is 14.8 Å². The Labute approximate surface area is 144 Å². The Bertz CT molecular complexity index is 889. The van der Waals surface area contributed by atoms with Crippen molar-refractivity contribution in [2.75, 3.05) is 5.32 Å². The molecule has 3 aromatic rings. The highest BCUT2D eigenvalue weighted by Crippen LogP contribution is 2.31. The van der Waals surface area contributed by atoms with Gasteiger partial charge in [0.15, 0.2) is 5.13 Å². The van der Waals surface area contributed by atoms with Crippen LogP contribution in [0.3, 0.4) is 0 Å². The lowest BCUT2D eigenvalue weighted by Gasteiger charge is -2.05. The molecule has 0 atom stereocenters. The average molecular weight is 338 g/mol. The van der Waals surface area contributed by atoms with Crippen LogP contribution in [0.1, 0.15) is 38.7 Å². The van der Waals surface area contributed by atoms with E-state index in [1.807, 2.05) is 48.9 Å².